The van der Waals surface area contributed by atoms with E-state index in [1.165, 1.54) is 0 Å². The van der Waals surface area contributed by atoms with E-state index >= 15 is 0 Å². The van der Waals surface area contributed by atoms with Crippen molar-refractivity contribution in [2.24, 2.45) is 5.73 Å². The van der Waals surface area contributed by atoms with Crippen molar-refractivity contribution in [3.8, 4) is 16.9 Å². The third-order valence-corrected chi connectivity index (χ3v) is 3.25. The number of benzene rings is 2. The lowest BCUT2D eigenvalue weighted by Gasteiger charge is -2.06. The molecule has 0 bridgehead atoms. The molecule has 6 heteroatoms. The van der Waals surface area contributed by atoms with Gasteiger partial charge in [0.15, 0.2) is 5.82 Å². The third kappa shape index (κ3) is 4.00. The number of amides is 1. The van der Waals surface area contributed by atoms with Gasteiger partial charge in [-0.3, -0.25) is 9.89 Å². The molecule has 0 saturated carbocycles. The number of aromatic nitrogens is 2. The van der Waals surface area contributed by atoms with Crippen LogP contribution in [0.15, 0.2) is 42.5 Å². The van der Waals surface area contributed by atoms with Crippen LogP contribution in [-0.4, -0.2) is 23.2 Å². The Bertz CT molecular complexity index is 766. The number of anilines is 1. The Morgan fingerprint density at radius 2 is 1.83 bits per heavy atom. The quantitative estimate of drug-likeness (QED) is 0.644. The highest BCUT2D eigenvalue weighted by molar-refractivity contribution is 5.92. The number of ether oxygens (including phenoxy) is 1. The van der Waals surface area contributed by atoms with E-state index in [1.807, 2.05) is 18.2 Å². The van der Waals surface area contributed by atoms with Gasteiger partial charge in [0.1, 0.15) is 5.75 Å². The first-order valence-electron chi connectivity index (χ1n) is 7.31. The zero-order chi connectivity index (χ0) is 16.7. The molecule has 0 aliphatic carbocycles. The second-order valence-corrected chi connectivity index (χ2v) is 4.88. The van der Waals surface area contributed by atoms with Gasteiger partial charge in [0, 0.05) is 5.39 Å². The number of nitrogen functional groups attached to an aromatic ring is 1. The van der Waals surface area contributed by atoms with E-state index in [2.05, 4.69) is 47.1 Å². The Labute approximate surface area is 134 Å². The predicted molar refractivity (Wildman–Crippen MR) is 92.0 cm³/mol. The van der Waals surface area contributed by atoms with E-state index < -0.39 is 0 Å². The highest BCUT2D eigenvalue weighted by Gasteiger charge is 2.05. The number of hydrogen-bond donors (Lipinski definition) is 3. The zero-order valence-corrected chi connectivity index (χ0v) is 13.0. The van der Waals surface area contributed by atoms with Gasteiger partial charge in [-0.2, -0.15) is 5.10 Å². The molecule has 120 valence electrons. The molecule has 0 atom stereocenters. The van der Waals surface area contributed by atoms with Crippen molar-refractivity contribution in [3.63, 3.8) is 0 Å². The summed E-state index contributed by atoms with van der Waals surface area (Å²) in [7, 11) is 0. The van der Waals surface area contributed by atoms with Gasteiger partial charge in [0.25, 0.3) is 0 Å². The second kappa shape index (κ2) is 7.84. The van der Waals surface area contributed by atoms with Crippen molar-refractivity contribution in [1.82, 2.24) is 10.2 Å². The van der Waals surface area contributed by atoms with Crippen LogP contribution >= 0.6 is 0 Å². The summed E-state index contributed by atoms with van der Waals surface area (Å²) in [6.45, 7) is 2.84. The van der Waals surface area contributed by atoms with Crippen molar-refractivity contribution in [3.05, 3.63) is 42.5 Å². The summed E-state index contributed by atoms with van der Waals surface area (Å²) < 4.78 is 5.59. The van der Waals surface area contributed by atoms with E-state index in [0.717, 1.165) is 40.8 Å². The van der Waals surface area contributed by atoms with Crippen LogP contribution in [0.4, 0.5) is 5.82 Å². The molecule has 0 unspecified atom stereocenters. The lowest BCUT2D eigenvalue weighted by molar-refractivity contribution is -0.106. The summed E-state index contributed by atoms with van der Waals surface area (Å²) in [5.74, 6) is 1.43. The SMILES string of the molecule is CCCOc1ccc(-c2ccc3[nH]nc(N)c3c2)cc1.NC=O. The van der Waals surface area contributed by atoms with Crippen molar-refractivity contribution in [1.29, 1.82) is 0 Å². The number of carbonyl (C=O) groups is 1. The molecule has 1 amide bonds. The van der Waals surface area contributed by atoms with Crippen LogP contribution in [0.25, 0.3) is 22.0 Å². The summed E-state index contributed by atoms with van der Waals surface area (Å²) in [6.07, 6.45) is 1.26. The first-order chi connectivity index (χ1) is 11.2. The number of carbonyl (C=O) groups excluding carboxylic acids is 1. The summed E-state index contributed by atoms with van der Waals surface area (Å²) in [5, 5.41) is 7.87. The Morgan fingerprint density at radius 3 is 2.48 bits per heavy atom. The van der Waals surface area contributed by atoms with Crippen LogP contribution in [0.5, 0.6) is 5.75 Å². The minimum absolute atomic E-state index is 0.250. The number of nitrogens with zero attached hydrogens (tertiary/aromatic N) is 1. The number of H-pyrrole nitrogens is 1. The van der Waals surface area contributed by atoms with Crippen molar-refractivity contribution >= 4 is 23.1 Å². The van der Waals surface area contributed by atoms with Crippen LogP contribution in [0.3, 0.4) is 0 Å². The highest BCUT2D eigenvalue weighted by Crippen LogP contribution is 2.27. The Kier molecular flexibility index (Phi) is 5.57. The van der Waals surface area contributed by atoms with Gasteiger partial charge in [0.05, 0.1) is 12.1 Å². The van der Waals surface area contributed by atoms with E-state index in [-0.39, 0.29) is 6.41 Å². The van der Waals surface area contributed by atoms with Crippen LogP contribution < -0.4 is 16.2 Å². The highest BCUT2D eigenvalue weighted by atomic mass is 16.5. The fraction of sp³-hybridized carbons (Fsp3) is 0.176. The molecule has 23 heavy (non-hydrogen) atoms. The number of nitrogens with two attached hydrogens (primary N) is 2. The fourth-order valence-electron chi connectivity index (χ4n) is 2.18. The fourth-order valence-corrected chi connectivity index (χ4v) is 2.18. The van der Waals surface area contributed by atoms with Crippen LogP contribution in [0.1, 0.15) is 13.3 Å². The molecule has 1 heterocycles. The maximum atomic E-state index is 8.58. The van der Waals surface area contributed by atoms with Gasteiger partial charge in [-0.05, 0) is 41.8 Å². The summed E-state index contributed by atoms with van der Waals surface area (Å²) >= 11 is 0. The van der Waals surface area contributed by atoms with E-state index in [1.54, 1.807) is 0 Å². The van der Waals surface area contributed by atoms with Crippen LogP contribution in [-0.2, 0) is 4.79 Å². The van der Waals surface area contributed by atoms with Crippen molar-refractivity contribution in [2.45, 2.75) is 13.3 Å². The van der Waals surface area contributed by atoms with Crippen LogP contribution in [0, 0.1) is 0 Å². The molecular formula is C17H20N4O2. The molecule has 2 aromatic carbocycles. The lowest BCUT2D eigenvalue weighted by Crippen LogP contribution is -1.94. The summed E-state index contributed by atoms with van der Waals surface area (Å²) in [4.78, 5) is 8.58. The number of hydrogen-bond acceptors (Lipinski definition) is 4. The molecule has 0 fully saturated rings. The molecule has 1 aromatic heterocycles. The summed E-state index contributed by atoms with van der Waals surface area (Å²) in [5.41, 5.74) is 13.2. The molecule has 3 rings (SSSR count). The van der Waals surface area contributed by atoms with Gasteiger partial charge in [0.2, 0.25) is 6.41 Å². The lowest BCUT2D eigenvalue weighted by atomic mass is 10.0. The maximum Gasteiger partial charge on any atom is 0.204 e. The number of primary amides is 1. The third-order valence-electron chi connectivity index (χ3n) is 3.25. The molecule has 0 saturated heterocycles. The average molecular weight is 312 g/mol. The molecule has 0 radical (unpaired) electrons. The zero-order valence-electron chi connectivity index (χ0n) is 13.0. The Balaban J connectivity index is 0.000000595. The molecule has 6 nitrogen and oxygen atoms in total. The first-order valence-corrected chi connectivity index (χ1v) is 7.31. The monoisotopic (exact) mass is 312 g/mol. The van der Waals surface area contributed by atoms with Gasteiger partial charge in [-0.15, -0.1) is 0 Å². The van der Waals surface area contributed by atoms with E-state index in [4.69, 9.17) is 15.3 Å². The van der Waals surface area contributed by atoms with E-state index in [9.17, 15) is 0 Å². The Morgan fingerprint density at radius 1 is 1.17 bits per heavy atom. The van der Waals surface area contributed by atoms with Crippen molar-refractivity contribution < 1.29 is 9.53 Å². The topological polar surface area (TPSA) is 107 Å². The second-order valence-electron chi connectivity index (χ2n) is 4.88. The predicted octanol–water partition coefficient (Wildman–Crippen LogP) is 2.70. The molecular weight excluding hydrogens is 292 g/mol. The van der Waals surface area contributed by atoms with Gasteiger partial charge < -0.3 is 16.2 Å². The average Bonchev–Trinajstić information content (AvgIpc) is 2.95. The number of rotatable bonds is 4. The van der Waals surface area contributed by atoms with E-state index in [0.29, 0.717) is 5.82 Å². The molecule has 5 N–H and O–H groups in total. The smallest absolute Gasteiger partial charge is 0.204 e. The van der Waals surface area contributed by atoms with Crippen molar-refractivity contribution in [2.75, 3.05) is 12.3 Å². The molecule has 3 aromatic rings. The van der Waals surface area contributed by atoms with Gasteiger partial charge in [-0.1, -0.05) is 25.1 Å². The minimum Gasteiger partial charge on any atom is -0.494 e. The van der Waals surface area contributed by atoms with Gasteiger partial charge in [-0.25, -0.2) is 0 Å². The Hall–Kier alpha value is -3.02. The van der Waals surface area contributed by atoms with Crippen LogP contribution in [0.2, 0.25) is 0 Å². The molecule has 0 aliphatic rings. The number of aromatic amines is 1. The number of fused-ring (bicyclic) bond motifs is 1. The standard InChI is InChI=1S/C16H17N3O.CH3NO/c1-2-9-20-13-6-3-11(4-7-13)12-5-8-15-14(10-12)16(17)19-18-15;2-1-3/h3-8,10H,2,9H2,1H3,(H3,17,18,19);1H,(H2,2,3). The van der Waals surface area contributed by atoms with Gasteiger partial charge >= 0.3 is 0 Å². The molecule has 0 aliphatic heterocycles. The molecule has 0 spiro atoms. The number of nitrogens with one attached hydrogen (secondary N) is 1. The largest absolute Gasteiger partial charge is 0.494 e. The first kappa shape index (κ1) is 16.4. The minimum atomic E-state index is 0.250. The summed E-state index contributed by atoms with van der Waals surface area (Å²) in [6, 6.07) is 14.2. The normalized spacial score (nSPS) is 9.96. The maximum absolute atomic E-state index is 8.58.